The molecule has 2 atom stereocenters. The van der Waals surface area contributed by atoms with E-state index in [4.69, 9.17) is 4.74 Å². The van der Waals surface area contributed by atoms with Gasteiger partial charge in [-0.1, -0.05) is 18.2 Å². The number of ether oxygens (including phenoxy) is 1. The molecule has 2 aromatic rings. The van der Waals surface area contributed by atoms with Crippen LogP contribution in [-0.4, -0.2) is 36.5 Å². The molecule has 1 N–H and O–H groups in total. The molecule has 1 aliphatic rings. The minimum Gasteiger partial charge on any atom is -0.372 e. The van der Waals surface area contributed by atoms with Crippen LogP contribution in [-0.2, 0) is 4.74 Å². The quantitative estimate of drug-likeness (QED) is 0.513. The standard InChI is InChI=1S/C17H15F2N3O4/c18-13-7-6-12(8-14(13)22(24)25)21-15(19)9-26-10-16(21)20-17(23)11-4-2-1-3-5-11/h1-8,15-16H,9-10H2,(H,20,23). The number of hydrogen-bond donors (Lipinski definition) is 1. The van der Waals surface area contributed by atoms with E-state index in [2.05, 4.69) is 5.32 Å². The number of amides is 1. The first-order valence-electron chi connectivity index (χ1n) is 7.77. The van der Waals surface area contributed by atoms with Crippen LogP contribution < -0.4 is 10.2 Å². The summed E-state index contributed by atoms with van der Waals surface area (Å²) in [6.45, 7) is -0.299. The van der Waals surface area contributed by atoms with Crippen molar-refractivity contribution in [1.82, 2.24) is 5.32 Å². The number of benzene rings is 2. The van der Waals surface area contributed by atoms with Crippen LogP contribution >= 0.6 is 0 Å². The van der Waals surface area contributed by atoms with E-state index in [0.29, 0.717) is 5.56 Å². The molecular formula is C17H15F2N3O4. The molecule has 0 aromatic heterocycles. The van der Waals surface area contributed by atoms with Crippen LogP contribution in [0.3, 0.4) is 0 Å². The first-order chi connectivity index (χ1) is 12.5. The van der Waals surface area contributed by atoms with E-state index < -0.39 is 34.8 Å². The fourth-order valence-electron chi connectivity index (χ4n) is 2.71. The minimum atomic E-state index is -1.66. The van der Waals surface area contributed by atoms with Crippen LogP contribution in [0, 0.1) is 15.9 Å². The maximum absolute atomic E-state index is 14.5. The van der Waals surface area contributed by atoms with Crippen LogP contribution in [0.1, 0.15) is 10.4 Å². The Kier molecular flexibility index (Phi) is 5.08. The SMILES string of the molecule is O=C(NC1COCC(F)N1c1ccc(F)c([N+](=O)[O-])c1)c1ccccc1. The lowest BCUT2D eigenvalue weighted by atomic mass is 10.2. The average Bonchev–Trinajstić information content (AvgIpc) is 2.63. The van der Waals surface area contributed by atoms with Gasteiger partial charge in [-0.05, 0) is 24.3 Å². The summed E-state index contributed by atoms with van der Waals surface area (Å²) in [5, 5.41) is 13.6. The lowest BCUT2D eigenvalue weighted by Crippen LogP contribution is -2.58. The highest BCUT2D eigenvalue weighted by Gasteiger charge is 2.34. The van der Waals surface area contributed by atoms with Crippen LogP contribution in [0.25, 0.3) is 0 Å². The fourth-order valence-corrected chi connectivity index (χ4v) is 2.71. The van der Waals surface area contributed by atoms with Crippen molar-refractivity contribution in [2.45, 2.75) is 12.5 Å². The van der Waals surface area contributed by atoms with Crippen LogP contribution in [0.15, 0.2) is 48.5 Å². The number of nitrogens with one attached hydrogen (secondary N) is 1. The van der Waals surface area contributed by atoms with Gasteiger partial charge in [-0.25, -0.2) is 4.39 Å². The molecule has 1 saturated heterocycles. The van der Waals surface area contributed by atoms with Crippen molar-refractivity contribution in [1.29, 1.82) is 0 Å². The van der Waals surface area contributed by atoms with Crippen molar-refractivity contribution in [3.63, 3.8) is 0 Å². The van der Waals surface area contributed by atoms with Crippen molar-refractivity contribution in [2.24, 2.45) is 0 Å². The lowest BCUT2D eigenvalue weighted by molar-refractivity contribution is -0.387. The van der Waals surface area contributed by atoms with Gasteiger partial charge in [0, 0.05) is 17.3 Å². The van der Waals surface area contributed by atoms with Crippen molar-refractivity contribution in [2.75, 3.05) is 18.1 Å². The summed E-state index contributed by atoms with van der Waals surface area (Å²) in [6.07, 6.45) is -2.56. The second-order valence-electron chi connectivity index (χ2n) is 5.63. The molecule has 2 aromatic carbocycles. The van der Waals surface area contributed by atoms with Gasteiger partial charge >= 0.3 is 5.69 Å². The van der Waals surface area contributed by atoms with Crippen LogP contribution in [0.5, 0.6) is 0 Å². The molecule has 3 rings (SSSR count). The van der Waals surface area contributed by atoms with E-state index in [-0.39, 0.29) is 18.9 Å². The van der Waals surface area contributed by atoms with Gasteiger partial charge in [0.25, 0.3) is 5.91 Å². The molecule has 1 aliphatic heterocycles. The largest absolute Gasteiger partial charge is 0.372 e. The smallest absolute Gasteiger partial charge is 0.306 e. The summed E-state index contributed by atoms with van der Waals surface area (Å²) in [4.78, 5) is 23.5. The number of anilines is 1. The Labute approximate surface area is 147 Å². The average molecular weight is 363 g/mol. The number of hydrogen-bond acceptors (Lipinski definition) is 5. The lowest BCUT2D eigenvalue weighted by Gasteiger charge is -2.39. The molecule has 26 heavy (non-hydrogen) atoms. The zero-order chi connectivity index (χ0) is 18.7. The van der Waals surface area contributed by atoms with Crippen molar-refractivity contribution < 1.29 is 23.2 Å². The highest BCUT2D eigenvalue weighted by Crippen LogP contribution is 2.29. The highest BCUT2D eigenvalue weighted by molar-refractivity contribution is 5.94. The number of nitrogens with zero attached hydrogens (tertiary/aromatic N) is 2. The van der Waals surface area contributed by atoms with E-state index >= 15 is 0 Å². The Morgan fingerprint density at radius 1 is 1.23 bits per heavy atom. The molecule has 7 nitrogen and oxygen atoms in total. The summed E-state index contributed by atoms with van der Waals surface area (Å²) < 4.78 is 33.2. The maximum Gasteiger partial charge on any atom is 0.306 e. The number of morpholine rings is 1. The second-order valence-corrected chi connectivity index (χ2v) is 5.63. The number of rotatable bonds is 4. The molecule has 1 amide bonds. The zero-order valence-corrected chi connectivity index (χ0v) is 13.5. The van der Waals surface area contributed by atoms with Crippen molar-refractivity contribution in [3.8, 4) is 0 Å². The highest BCUT2D eigenvalue weighted by atomic mass is 19.1. The van der Waals surface area contributed by atoms with E-state index in [0.717, 1.165) is 17.0 Å². The molecule has 0 spiro atoms. The van der Waals surface area contributed by atoms with E-state index in [1.807, 2.05) is 0 Å². The third-order valence-electron chi connectivity index (χ3n) is 3.93. The summed E-state index contributed by atoms with van der Waals surface area (Å²) in [7, 11) is 0. The van der Waals surface area contributed by atoms with Crippen molar-refractivity contribution >= 4 is 17.3 Å². The molecule has 0 radical (unpaired) electrons. The minimum absolute atomic E-state index is 0.0236. The Hall–Kier alpha value is -3.07. The fraction of sp³-hybridized carbons (Fsp3) is 0.235. The van der Waals surface area contributed by atoms with Gasteiger partial charge in [0.1, 0.15) is 6.17 Å². The molecular weight excluding hydrogens is 348 g/mol. The van der Waals surface area contributed by atoms with Gasteiger partial charge in [0.15, 0.2) is 6.30 Å². The first-order valence-corrected chi connectivity index (χ1v) is 7.77. The van der Waals surface area contributed by atoms with E-state index in [9.17, 15) is 23.7 Å². The van der Waals surface area contributed by atoms with E-state index in [1.54, 1.807) is 30.3 Å². The van der Waals surface area contributed by atoms with Gasteiger partial charge in [-0.2, -0.15) is 4.39 Å². The third-order valence-corrected chi connectivity index (χ3v) is 3.93. The van der Waals surface area contributed by atoms with Gasteiger partial charge in [0.05, 0.1) is 18.1 Å². The van der Waals surface area contributed by atoms with Crippen LogP contribution in [0.4, 0.5) is 20.2 Å². The van der Waals surface area contributed by atoms with Gasteiger partial charge in [-0.3, -0.25) is 14.9 Å². The van der Waals surface area contributed by atoms with Gasteiger partial charge < -0.3 is 15.0 Å². The Bertz CT molecular complexity index is 819. The first kappa shape index (κ1) is 17.7. The number of nitro groups is 1. The number of carbonyl (C=O) groups is 1. The number of carbonyl (C=O) groups excluding carboxylic acids is 1. The summed E-state index contributed by atoms with van der Waals surface area (Å²) in [5.41, 5.74) is -0.319. The monoisotopic (exact) mass is 363 g/mol. The van der Waals surface area contributed by atoms with Crippen molar-refractivity contribution in [3.05, 3.63) is 70.0 Å². The Balaban J connectivity index is 1.88. The molecule has 1 heterocycles. The summed E-state index contributed by atoms with van der Waals surface area (Å²) in [5.74, 6) is -1.47. The second kappa shape index (κ2) is 7.44. The number of nitro benzene ring substituents is 1. The van der Waals surface area contributed by atoms with Gasteiger partial charge in [-0.15, -0.1) is 0 Å². The zero-order valence-electron chi connectivity index (χ0n) is 13.5. The maximum atomic E-state index is 14.5. The normalized spacial score (nSPS) is 19.8. The molecule has 2 unspecified atom stereocenters. The molecule has 9 heteroatoms. The number of halogens is 2. The molecule has 0 aliphatic carbocycles. The topological polar surface area (TPSA) is 84.7 Å². The predicted molar refractivity (Wildman–Crippen MR) is 88.9 cm³/mol. The molecule has 0 saturated carbocycles. The Morgan fingerprint density at radius 2 is 1.96 bits per heavy atom. The molecule has 0 bridgehead atoms. The number of alkyl halides is 1. The third kappa shape index (κ3) is 3.62. The Morgan fingerprint density at radius 3 is 2.65 bits per heavy atom. The van der Waals surface area contributed by atoms with Gasteiger partial charge in [0.2, 0.25) is 5.82 Å². The predicted octanol–water partition coefficient (Wildman–Crippen LogP) is 2.62. The molecule has 136 valence electrons. The van der Waals surface area contributed by atoms with Crippen LogP contribution in [0.2, 0.25) is 0 Å². The summed E-state index contributed by atoms with van der Waals surface area (Å²) >= 11 is 0. The summed E-state index contributed by atoms with van der Waals surface area (Å²) in [6, 6.07) is 11.4. The molecule has 1 fully saturated rings. The van der Waals surface area contributed by atoms with E-state index in [1.165, 1.54) is 6.07 Å².